The zero-order chi connectivity index (χ0) is 14.4. The minimum absolute atomic E-state index is 0.00575. The molecule has 0 aromatic carbocycles. The number of rotatable bonds is 5. The van der Waals surface area contributed by atoms with Crippen LogP contribution in [-0.2, 0) is 0 Å². The molecule has 112 valence electrons. The zero-order valence-electron chi connectivity index (χ0n) is 11.8. The second-order valence-corrected chi connectivity index (χ2v) is 6.17. The van der Waals surface area contributed by atoms with Gasteiger partial charge in [-0.05, 0) is 43.7 Å². The van der Waals surface area contributed by atoms with Crippen molar-refractivity contribution in [1.82, 2.24) is 10.6 Å². The Hall–Kier alpha value is -1.27. The zero-order valence-corrected chi connectivity index (χ0v) is 12.7. The van der Waals surface area contributed by atoms with Crippen molar-refractivity contribution in [2.24, 2.45) is 0 Å². The summed E-state index contributed by atoms with van der Waals surface area (Å²) >= 11 is 1.76. The van der Waals surface area contributed by atoms with Crippen molar-refractivity contribution in [2.75, 3.05) is 24.6 Å². The Morgan fingerprint density at radius 3 is 2.90 bits per heavy atom. The van der Waals surface area contributed by atoms with Gasteiger partial charge in [-0.2, -0.15) is 0 Å². The Labute approximate surface area is 124 Å². The van der Waals surface area contributed by atoms with E-state index >= 15 is 0 Å². The van der Waals surface area contributed by atoms with Crippen LogP contribution in [0.2, 0.25) is 0 Å². The topological polar surface area (TPSA) is 64.6 Å². The Morgan fingerprint density at radius 2 is 2.30 bits per heavy atom. The number of anilines is 1. The van der Waals surface area contributed by atoms with E-state index in [1.807, 2.05) is 6.92 Å². The van der Waals surface area contributed by atoms with Crippen LogP contribution in [-0.4, -0.2) is 42.9 Å². The SMILES string of the molecule is C[C@H](CCO)NC(=O)NC1CCN(c2cccs2)CC1. The number of hydrogen-bond donors (Lipinski definition) is 3. The normalized spacial score (nSPS) is 17.8. The molecule has 5 nitrogen and oxygen atoms in total. The Kier molecular flexibility index (Phi) is 5.67. The van der Waals surface area contributed by atoms with E-state index in [2.05, 4.69) is 33.0 Å². The quantitative estimate of drug-likeness (QED) is 0.776. The fourth-order valence-corrected chi connectivity index (χ4v) is 3.20. The van der Waals surface area contributed by atoms with Crippen molar-refractivity contribution in [1.29, 1.82) is 0 Å². The maximum atomic E-state index is 11.8. The molecule has 3 N–H and O–H groups in total. The third-order valence-electron chi connectivity index (χ3n) is 3.59. The van der Waals surface area contributed by atoms with E-state index in [0.29, 0.717) is 6.42 Å². The van der Waals surface area contributed by atoms with Crippen molar-refractivity contribution in [3.05, 3.63) is 17.5 Å². The molecule has 1 fully saturated rings. The average molecular weight is 297 g/mol. The van der Waals surface area contributed by atoms with Crippen LogP contribution in [0.15, 0.2) is 17.5 Å². The number of carbonyl (C=O) groups is 1. The van der Waals surface area contributed by atoms with Gasteiger partial charge >= 0.3 is 6.03 Å². The number of thiophene rings is 1. The number of nitrogens with one attached hydrogen (secondary N) is 2. The molecule has 2 amide bonds. The minimum Gasteiger partial charge on any atom is -0.396 e. The molecule has 1 aliphatic heterocycles. The Bertz CT molecular complexity index is 403. The van der Waals surface area contributed by atoms with Gasteiger partial charge in [0.1, 0.15) is 0 Å². The number of nitrogens with zero attached hydrogens (tertiary/aromatic N) is 1. The fourth-order valence-electron chi connectivity index (χ4n) is 2.41. The summed E-state index contributed by atoms with van der Waals surface area (Å²) in [6.07, 6.45) is 2.53. The molecule has 6 heteroatoms. The Balaban J connectivity index is 1.70. The number of carbonyl (C=O) groups excluding carboxylic acids is 1. The molecule has 2 heterocycles. The van der Waals surface area contributed by atoms with Gasteiger partial charge < -0.3 is 20.6 Å². The van der Waals surface area contributed by atoms with Crippen LogP contribution >= 0.6 is 11.3 Å². The molecule has 1 aromatic rings. The third-order valence-corrected chi connectivity index (χ3v) is 4.52. The lowest BCUT2D eigenvalue weighted by Crippen LogP contribution is -2.49. The van der Waals surface area contributed by atoms with Crippen LogP contribution < -0.4 is 15.5 Å². The van der Waals surface area contributed by atoms with Crippen molar-refractivity contribution in [2.45, 2.75) is 38.3 Å². The Morgan fingerprint density at radius 1 is 1.55 bits per heavy atom. The lowest BCUT2D eigenvalue weighted by atomic mass is 10.1. The van der Waals surface area contributed by atoms with Crippen LogP contribution in [0, 0.1) is 0 Å². The first-order valence-electron chi connectivity index (χ1n) is 7.15. The van der Waals surface area contributed by atoms with Gasteiger partial charge in [-0.15, -0.1) is 11.3 Å². The number of hydrogen-bond acceptors (Lipinski definition) is 4. The van der Waals surface area contributed by atoms with Crippen molar-refractivity contribution >= 4 is 22.4 Å². The first-order valence-corrected chi connectivity index (χ1v) is 8.03. The fraction of sp³-hybridized carbons (Fsp3) is 0.643. The molecule has 1 saturated heterocycles. The highest BCUT2D eigenvalue weighted by molar-refractivity contribution is 7.14. The summed E-state index contributed by atoms with van der Waals surface area (Å²) in [7, 11) is 0. The van der Waals surface area contributed by atoms with Gasteiger partial charge in [0, 0.05) is 31.8 Å². The molecule has 0 spiro atoms. The molecule has 2 rings (SSSR count). The summed E-state index contributed by atoms with van der Waals surface area (Å²) in [6, 6.07) is 4.33. The highest BCUT2D eigenvalue weighted by Gasteiger charge is 2.21. The number of aliphatic hydroxyl groups excluding tert-OH is 1. The van der Waals surface area contributed by atoms with Crippen LogP contribution in [0.4, 0.5) is 9.80 Å². The van der Waals surface area contributed by atoms with Gasteiger partial charge in [0.2, 0.25) is 0 Å². The molecule has 1 aliphatic rings. The van der Waals surface area contributed by atoms with Gasteiger partial charge in [-0.1, -0.05) is 0 Å². The van der Waals surface area contributed by atoms with E-state index in [1.54, 1.807) is 11.3 Å². The predicted octanol–water partition coefficient (Wildman–Crippen LogP) is 1.79. The predicted molar refractivity (Wildman–Crippen MR) is 82.4 cm³/mol. The molecule has 20 heavy (non-hydrogen) atoms. The average Bonchev–Trinajstić information content (AvgIpc) is 2.93. The summed E-state index contributed by atoms with van der Waals surface area (Å²) in [4.78, 5) is 14.2. The van der Waals surface area contributed by atoms with E-state index in [4.69, 9.17) is 5.11 Å². The first-order chi connectivity index (χ1) is 9.69. The highest BCUT2D eigenvalue weighted by atomic mass is 32.1. The highest BCUT2D eigenvalue weighted by Crippen LogP contribution is 2.24. The molecule has 0 radical (unpaired) electrons. The maximum absolute atomic E-state index is 11.8. The second-order valence-electron chi connectivity index (χ2n) is 5.24. The van der Waals surface area contributed by atoms with Crippen molar-refractivity contribution in [3.63, 3.8) is 0 Å². The number of urea groups is 1. The summed E-state index contributed by atoms with van der Waals surface area (Å²) in [5.74, 6) is 0. The number of aliphatic hydroxyl groups is 1. The molecular weight excluding hydrogens is 274 g/mol. The molecule has 0 unspecified atom stereocenters. The monoisotopic (exact) mass is 297 g/mol. The number of piperidine rings is 1. The van der Waals surface area contributed by atoms with Gasteiger partial charge in [-0.3, -0.25) is 0 Å². The van der Waals surface area contributed by atoms with Gasteiger partial charge in [0.25, 0.3) is 0 Å². The number of amides is 2. The van der Waals surface area contributed by atoms with Crippen molar-refractivity contribution < 1.29 is 9.90 Å². The molecule has 0 bridgehead atoms. The van der Waals surface area contributed by atoms with E-state index in [1.165, 1.54) is 5.00 Å². The largest absolute Gasteiger partial charge is 0.396 e. The lowest BCUT2D eigenvalue weighted by molar-refractivity contribution is 0.225. The van der Waals surface area contributed by atoms with E-state index in [9.17, 15) is 4.79 Å². The second kappa shape index (κ2) is 7.50. The molecule has 0 aliphatic carbocycles. The van der Waals surface area contributed by atoms with Crippen LogP contribution in [0.1, 0.15) is 26.2 Å². The third kappa shape index (κ3) is 4.38. The lowest BCUT2D eigenvalue weighted by Gasteiger charge is -2.33. The summed E-state index contributed by atoms with van der Waals surface area (Å²) in [5, 5.41) is 18.1. The van der Waals surface area contributed by atoms with Crippen molar-refractivity contribution in [3.8, 4) is 0 Å². The minimum atomic E-state index is -0.125. The first kappa shape index (κ1) is 15.1. The van der Waals surface area contributed by atoms with Crippen LogP contribution in [0.25, 0.3) is 0 Å². The van der Waals surface area contributed by atoms with E-state index in [-0.39, 0.29) is 24.7 Å². The summed E-state index contributed by atoms with van der Waals surface area (Å²) in [6.45, 7) is 3.96. The van der Waals surface area contributed by atoms with Gasteiger partial charge in [-0.25, -0.2) is 4.79 Å². The molecular formula is C14H23N3O2S. The molecule has 1 atom stereocenters. The van der Waals surface area contributed by atoms with Crippen LogP contribution in [0.3, 0.4) is 0 Å². The van der Waals surface area contributed by atoms with E-state index < -0.39 is 0 Å². The standard InChI is InChI=1S/C14H23N3O2S/c1-11(6-9-18)15-14(19)16-12-4-7-17(8-5-12)13-3-2-10-20-13/h2-3,10-12,18H,4-9H2,1H3,(H2,15,16,19)/t11-/m1/s1. The van der Waals surface area contributed by atoms with Gasteiger partial charge in [0.15, 0.2) is 0 Å². The molecule has 1 aromatic heterocycles. The summed E-state index contributed by atoms with van der Waals surface area (Å²) in [5.41, 5.74) is 0. The summed E-state index contributed by atoms with van der Waals surface area (Å²) < 4.78 is 0. The maximum Gasteiger partial charge on any atom is 0.315 e. The smallest absolute Gasteiger partial charge is 0.315 e. The van der Waals surface area contributed by atoms with Gasteiger partial charge in [0.05, 0.1) is 5.00 Å². The molecule has 0 saturated carbocycles. The van der Waals surface area contributed by atoms with Crippen LogP contribution in [0.5, 0.6) is 0 Å². The van der Waals surface area contributed by atoms with E-state index in [0.717, 1.165) is 25.9 Å².